The lowest BCUT2D eigenvalue weighted by Gasteiger charge is -2.13. The zero-order valence-corrected chi connectivity index (χ0v) is 16.1. The zero-order valence-electron chi connectivity index (χ0n) is 14.5. The number of aryl methyl sites for hydroxylation is 1. The second-order valence-corrected chi connectivity index (χ2v) is 7.29. The Labute approximate surface area is 155 Å². The summed E-state index contributed by atoms with van der Waals surface area (Å²) in [6.45, 7) is 2.09. The Kier molecular flexibility index (Phi) is 3.92. The van der Waals surface area contributed by atoms with Crippen molar-refractivity contribution in [1.82, 2.24) is 4.98 Å². The summed E-state index contributed by atoms with van der Waals surface area (Å²) in [6.07, 6.45) is 0. The third-order valence-electron chi connectivity index (χ3n) is 4.47. The highest BCUT2D eigenvalue weighted by Crippen LogP contribution is 2.25. The van der Waals surface area contributed by atoms with Crippen molar-refractivity contribution in [3.05, 3.63) is 70.7 Å². The fourth-order valence-corrected chi connectivity index (χ4v) is 3.43. The minimum absolute atomic E-state index is 0.990. The third-order valence-corrected chi connectivity index (χ3v) is 5.32. The molecule has 4 aromatic rings. The van der Waals surface area contributed by atoms with Gasteiger partial charge in [-0.25, -0.2) is 4.98 Å². The fourth-order valence-electron chi connectivity index (χ4n) is 3.10. The number of para-hydroxylation sites is 1. The number of hydrogen-bond donors (Lipinski definition) is 0. The molecule has 25 heavy (non-hydrogen) atoms. The fraction of sp³-hybridized carbons (Fsp3) is 0.143. The zero-order chi connectivity index (χ0) is 17.6. The number of rotatable bonds is 2. The van der Waals surface area contributed by atoms with Crippen LogP contribution in [0, 0.1) is 6.92 Å². The minimum Gasteiger partial charge on any atom is -0.377 e. The number of aromatic nitrogens is 2. The molecule has 3 nitrogen and oxygen atoms in total. The lowest BCUT2D eigenvalue weighted by Crippen LogP contribution is -2.33. The average Bonchev–Trinajstić information content (AvgIpc) is 2.61. The summed E-state index contributed by atoms with van der Waals surface area (Å²) < 4.78 is 3.38. The number of halogens is 1. The van der Waals surface area contributed by atoms with Gasteiger partial charge in [-0.15, -0.1) is 4.57 Å². The molecule has 0 spiro atoms. The number of benzene rings is 3. The predicted molar refractivity (Wildman–Crippen MR) is 108 cm³/mol. The van der Waals surface area contributed by atoms with Gasteiger partial charge in [0.15, 0.2) is 0 Å². The lowest BCUT2D eigenvalue weighted by atomic mass is 10.1. The van der Waals surface area contributed by atoms with E-state index in [0.717, 1.165) is 37.9 Å². The molecule has 0 N–H and O–H groups in total. The van der Waals surface area contributed by atoms with Crippen LogP contribution in [0.3, 0.4) is 0 Å². The van der Waals surface area contributed by atoms with E-state index < -0.39 is 0 Å². The van der Waals surface area contributed by atoms with Crippen LogP contribution in [0.5, 0.6) is 0 Å². The van der Waals surface area contributed by atoms with Gasteiger partial charge in [-0.05, 0) is 30.7 Å². The Morgan fingerprint density at radius 2 is 1.60 bits per heavy atom. The molecule has 0 radical (unpaired) electrons. The Bertz CT molecular complexity index is 1090. The van der Waals surface area contributed by atoms with Gasteiger partial charge in [0.25, 0.3) is 0 Å². The van der Waals surface area contributed by atoms with Gasteiger partial charge in [-0.1, -0.05) is 34.1 Å². The number of hydrogen-bond acceptors (Lipinski definition) is 2. The normalized spacial score (nSPS) is 11.2. The van der Waals surface area contributed by atoms with Crippen molar-refractivity contribution >= 4 is 43.7 Å². The van der Waals surface area contributed by atoms with Crippen molar-refractivity contribution < 1.29 is 4.57 Å². The van der Waals surface area contributed by atoms with Gasteiger partial charge in [-0.3, -0.25) is 0 Å². The molecule has 0 unspecified atom stereocenters. The molecule has 1 aromatic heterocycles. The van der Waals surface area contributed by atoms with E-state index >= 15 is 0 Å². The highest BCUT2D eigenvalue weighted by atomic mass is 79.9. The topological polar surface area (TPSA) is 20.0 Å². The van der Waals surface area contributed by atoms with Crippen molar-refractivity contribution in [2.75, 3.05) is 19.0 Å². The molecule has 0 bridgehead atoms. The van der Waals surface area contributed by atoms with Gasteiger partial charge in [0.1, 0.15) is 11.0 Å². The molecule has 0 aliphatic rings. The number of nitrogens with zero attached hydrogens (tertiary/aromatic N) is 3. The highest BCUT2D eigenvalue weighted by molar-refractivity contribution is 9.10. The number of fused-ring (bicyclic) bond motifs is 2. The van der Waals surface area contributed by atoms with Crippen LogP contribution in [0.4, 0.5) is 5.69 Å². The van der Waals surface area contributed by atoms with Crippen molar-refractivity contribution in [2.24, 2.45) is 0 Å². The molecule has 0 amide bonds. The Morgan fingerprint density at radius 1 is 0.880 bits per heavy atom. The summed E-state index contributed by atoms with van der Waals surface area (Å²) in [6, 6.07) is 21.2. The molecule has 4 rings (SSSR count). The van der Waals surface area contributed by atoms with Crippen LogP contribution in [0.25, 0.3) is 27.8 Å². The molecular weight excluding hydrogens is 374 g/mol. The largest absolute Gasteiger partial charge is 0.377 e. The van der Waals surface area contributed by atoms with Gasteiger partial charge in [0, 0.05) is 48.5 Å². The maximum absolute atomic E-state index is 4.91. The Morgan fingerprint density at radius 3 is 2.32 bits per heavy atom. The predicted octanol–water partition coefficient (Wildman–Crippen LogP) is 4.80. The molecule has 124 valence electrons. The van der Waals surface area contributed by atoms with E-state index in [0.29, 0.717) is 0 Å². The maximum atomic E-state index is 4.91. The quantitative estimate of drug-likeness (QED) is 0.360. The first-order chi connectivity index (χ1) is 12.0. The molecule has 0 saturated heterocycles. The van der Waals surface area contributed by atoms with E-state index in [1.54, 1.807) is 0 Å². The summed E-state index contributed by atoms with van der Waals surface area (Å²) in [4.78, 5) is 7.02. The molecule has 3 aromatic carbocycles. The summed E-state index contributed by atoms with van der Waals surface area (Å²) in [5.74, 6) is 0. The van der Waals surface area contributed by atoms with E-state index in [9.17, 15) is 0 Å². The molecular formula is C21H19BrN3+. The van der Waals surface area contributed by atoms with Gasteiger partial charge in [-0.2, -0.15) is 0 Å². The van der Waals surface area contributed by atoms with Crippen molar-refractivity contribution in [1.29, 1.82) is 0 Å². The molecule has 0 aliphatic carbocycles. The molecule has 4 heteroatoms. The van der Waals surface area contributed by atoms with Crippen molar-refractivity contribution in [3.63, 3.8) is 0 Å². The van der Waals surface area contributed by atoms with Crippen LogP contribution in [0.2, 0.25) is 0 Å². The van der Waals surface area contributed by atoms with E-state index in [1.165, 1.54) is 5.56 Å². The van der Waals surface area contributed by atoms with Gasteiger partial charge < -0.3 is 4.90 Å². The SMILES string of the molecule is Cc1cc2nc3ccc(N(C)C)cc3[n+](-c3ccccc3)c2cc1Br. The van der Waals surface area contributed by atoms with E-state index in [1.807, 2.05) is 6.07 Å². The summed E-state index contributed by atoms with van der Waals surface area (Å²) in [7, 11) is 4.12. The lowest BCUT2D eigenvalue weighted by molar-refractivity contribution is -0.538. The molecule has 0 fully saturated rings. The van der Waals surface area contributed by atoms with E-state index in [-0.39, 0.29) is 0 Å². The van der Waals surface area contributed by atoms with Gasteiger partial charge in [0.05, 0.1) is 0 Å². The monoisotopic (exact) mass is 392 g/mol. The summed E-state index contributed by atoms with van der Waals surface area (Å²) in [5, 5.41) is 0. The molecule has 1 heterocycles. The van der Waals surface area contributed by atoms with Crippen LogP contribution >= 0.6 is 15.9 Å². The third kappa shape index (κ3) is 2.76. The summed E-state index contributed by atoms with van der Waals surface area (Å²) >= 11 is 3.68. The van der Waals surface area contributed by atoms with Gasteiger partial charge in [0.2, 0.25) is 16.7 Å². The van der Waals surface area contributed by atoms with Crippen LogP contribution in [-0.4, -0.2) is 19.1 Å². The minimum atomic E-state index is 0.990. The second-order valence-electron chi connectivity index (χ2n) is 6.44. The maximum Gasteiger partial charge on any atom is 0.239 e. The highest BCUT2D eigenvalue weighted by Gasteiger charge is 2.21. The first-order valence-electron chi connectivity index (χ1n) is 8.23. The molecule has 0 saturated carbocycles. The molecule has 0 atom stereocenters. The van der Waals surface area contributed by atoms with Crippen LogP contribution in [-0.2, 0) is 0 Å². The first kappa shape index (κ1) is 16.0. The van der Waals surface area contributed by atoms with Crippen LogP contribution in [0.15, 0.2) is 65.1 Å². The van der Waals surface area contributed by atoms with Crippen molar-refractivity contribution in [2.45, 2.75) is 6.92 Å². The Hall–Kier alpha value is -2.46. The van der Waals surface area contributed by atoms with E-state index in [4.69, 9.17) is 4.98 Å². The van der Waals surface area contributed by atoms with E-state index in [2.05, 4.69) is 101 Å². The average molecular weight is 393 g/mol. The first-order valence-corrected chi connectivity index (χ1v) is 9.02. The smallest absolute Gasteiger partial charge is 0.239 e. The standard InChI is InChI=1S/C21H19BrN3/c1-14-11-19-21(13-17(14)22)25(15-7-5-4-6-8-15)20-12-16(24(2)3)9-10-18(20)23-19/h4-13H,1-3H3/q+1. The second kappa shape index (κ2) is 6.12. The molecule has 0 aliphatic heterocycles. The van der Waals surface area contributed by atoms with Crippen LogP contribution < -0.4 is 9.47 Å². The van der Waals surface area contributed by atoms with Crippen molar-refractivity contribution in [3.8, 4) is 5.69 Å². The summed E-state index contributed by atoms with van der Waals surface area (Å²) in [5.41, 5.74) is 7.64. The Balaban J connectivity index is 2.20. The number of anilines is 1. The van der Waals surface area contributed by atoms with Gasteiger partial charge >= 0.3 is 0 Å². The van der Waals surface area contributed by atoms with Crippen LogP contribution in [0.1, 0.15) is 5.56 Å².